The number of hydrogen-bond acceptors (Lipinski definition) is 4. The van der Waals surface area contributed by atoms with Crippen LogP contribution in [0.1, 0.15) is 52.7 Å². The molecule has 0 radical (unpaired) electrons. The van der Waals surface area contributed by atoms with Crippen LogP contribution < -0.4 is 5.32 Å². The van der Waals surface area contributed by atoms with Gasteiger partial charge >= 0.3 is 0 Å². The van der Waals surface area contributed by atoms with Crippen LogP contribution >= 0.6 is 0 Å². The van der Waals surface area contributed by atoms with E-state index in [1.54, 1.807) is 6.92 Å². The van der Waals surface area contributed by atoms with Crippen molar-refractivity contribution in [2.45, 2.75) is 52.4 Å². The fraction of sp³-hybridized carbons (Fsp3) is 0.500. The maximum atomic E-state index is 12.4. The van der Waals surface area contributed by atoms with E-state index in [0.717, 1.165) is 25.0 Å². The molecule has 25 heavy (non-hydrogen) atoms. The molecule has 7 nitrogen and oxygen atoms in total. The van der Waals surface area contributed by atoms with Gasteiger partial charge in [0, 0.05) is 17.4 Å². The van der Waals surface area contributed by atoms with Crippen molar-refractivity contribution in [2.75, 3.05) is 5.32 Å². The Labute approximate surface area is 146 Å². The normalized spacial score (nSPS) is 18.6. The summed E-state index contributed by atoms with van der Waals surface area (Å²) in [5.74, 6) is 0.209. The highest BCUT2D eigenvalue weighted by Gasteiger charge is 2.29. The Hall–Kier alpha value is -2.57. The van der Waals surface area contributed by atoms with Crippen LogP contribution in [-0.2, 0) is 15.0 Å². The van der Waals surface area contributed by atoms with Crippen molar-refractivity contribution < 1.29 is 9.59 Å². The first-order chi connectivity index (χ1) is 11.7. The van der Waals surface area contributed by atoms with Gasteiger partial charge in [-0.15, -0.1) is 0 Å². The Morgan fingerprint density at radius 1 is 1.32 bits per heavy atom. The molecule has 1 aliphatic carbocycles. The number of nitrogens with one attached hydrogen (secondary N) is 1. The summed E-state index contributed by atoms with van der Waals surface area (Å²) >= 11 is 0. The molecule has 0 atom stereocenters. The molecule has 7 heteroatoms. The molecule has 132 valence electrons. The van der Waals surface area contributed by atoms with Crippen LogP contribution in [0.5, 0.6) is 0 Å². The molecule has 2 aliphatic rings. The highest BCUT2D eigenvalue weighted by atomic mass is 16.2. The number of amides is 2. The second kappa shape index (κ2) is 6.06. The van der Waals surface area contributed by atoms with E-state index in [9.17, 15) is 9.59 Å². The van der Waals surface area contributed by atoms with Gasteiger partial charge < -0.3 is 5.32 Å². The van der Waals surface area contributed by atoms with Crippen LogP contribution in [0.25, 0.3) is 0 Å². The first-order valence-electron chi connectivity index (χ1n) is 8.46. The lowest BCUT2D eigenvalue weighted by Crippen LogP contribution is -2.30. The second-order valence-corrected chi connectivity index (χ2v) is 7.59. The van der Waals surface area contributed by atoms with Crippen molar-refractivity contribution >= 4 is 29.3 Å². The van der Waals surface area contributed by atoms with Crippen molar-refractivity contribution in [2.24, 2.45) is 15.9 Å². The van der Waals surface area contributed by atoms with Crippen LogP contribution in [0, 0.1) is 5.92 Å². The van der Waals surface area contributed by atoms with Crippen LogP contribution in [0.2, 0.25) is 0 Å². The van der Waals surface area contributed by atoms with E-state index in [-0.39, 0.29) is 28.8 Å². The molecule has 1 aliphatic heterocycles. The molecule has 1 fully saturated rings. The van der Waals surface area contributed by atoms with Gasteiger partial charge in [-0.05, 0) is 19.8 Å². The molecular formula is C18H23N5O2. The number of anilines is 1. The lowest BCUT2D eigenvalue weighted by Gasteiger charge is -2.24. The minimum atomic E-state index is -0.438. The molecule has 0 saturated heterocycles. The molecule has 3 rings (SSSR count). The number of aliphatic imine (C=N–C) groups is 2. The van der Waals surface area contributed by atoms with Crippen molar-refractivity contribution in [3.05, 3.63) is 23.9 Å². The van der Waals surface area contributed by atoms with E-state index in [2.05, 4.69) is 27.0 Å². The van der Waals surface area contributed by atoms with Crippen LogP contribution in [-0.4, -0.2) is 33.3 Å². The number of carbonyl (C=O) groups is 2. The average Bonchev–Trinajstić information content (AvgIpc) is 2.86. The average molecular weight is 341 g/mol. The third kappa shape index (κ3) is 3.31. The predicted octanol–water partition coefficient (Wildman–Crippen LogP) is 2.68. The Morgan fingerprint density at radius 3 is 2.52 bits per heavy atom. The first-order valence-corrected chi connectivity index (χ1v) is 8.46. The zero-order chi connectivity index (χ0) is 18.4. The Kier molecular flexibility index (Phi) is 4.18. The number of carbonyl (C=O) groups excluding carboxylic acids is 2. The Balaban J connectivity index is 2.00. The lowest BCUT2D eigenvalue weighted by molar-refractivity contribution is -0.122. The molecule has 2 heterocycles. The van der Waals surface area contributed by atoms with Gasteiger partial charge in [0.2, 0.25) is 5.91 Å². The van der Waals surface area contributed by atoms with Gasteiger partial charge in [-0.1, -0.05) is 33.8 Å². The first kappa shape index (κ1) is 17.3. The minimum Gasteiger partial charge on any atom is -0.310 e. The predicted molar refractivity (Wildman–Crippen MR) is 97.0 cm³/mol. The summed E-state index contributed by atoms with van der Waals surface area (Å²) in [5, 5.41) is 7.46. The fourth-order valence-electron chi connectivity index (χ4n) is 2.54. The quantitative estimate of drug-likeness (QED) is 0.839. The summed E-state index contributed by atoms with van der Waals surface area (Å²) in [4.78, 5) is 32.6. The van der Waals surface area contributed by atoms with Gasteiger partial charge in [-0.2, -0.15) is 14.8 Å². The number of nitrogens with zero attached hydrogens (tertiary/aromatic N) is 4. The highest BCUT2D eigenvalue weighted by molar-refractivity contribution is 6.27. The summed E-state index contributed by atoms with van der Waals surface area (Å²) in [5.41, 5.74) is 1.33. The lowest BCUT2D eigenvalue weighted by atomic mass is 9.85. The van der Waals surface area contributed by atoms with E-state index < -0.39 is 5.91 Å². The molecular weight excluding hydrogens is 318 g/mol. The minimum absolute atomic E-state index is 0.0271. The van der Waals surface area contributed by atoms with Gasteiger partial charge in [0.25, 0.3) is 11.9 Å². The van der Waals surface area contributed by atoms with Gasteiger partial charge in [-0.25, -0.2) is 4.99 Å². The summed E-state index contributed by atoms with van der Waals surface area (Å²) in [6, 6.07) is 1.82. The van der Waals surface area contributed by atoms with Crippen molar-refractivity contribution in [1.29, 1.82) is 0 Å². The standard InChI is InChI=1S/C18H23N5O2/c1-10-11(2)19-17(21-15(10)24)23-14(9-13(22-23)18(3,4)5)20-16(25)12-7-6-8-12/h9,12H,1,6-8H2,2-5H3,(H,20,25). The zero-order valence-corrected chi connectivity index (χ0v) is 15.1. The number of hydrogen-bond donors (Lipinski definition) is 1. The second-order valence-electron chi connectivity index (χ2n) is 7.59. The third-order valence-electron chi connectivity index (χ3n) is 4.56. The largest absolute Gasteiger partial charge is 0.310 e. The van der Waals surface area contributed by atoms with Crippen LogP contribution in [0.4, 0.5) is 5.82 Å². The fourth-order valence-corrected chi connectivity index (χ4v) is 2.54. The third-order valence-corrected chi connectivity index (χ3v) is 4.56. The summed E-state index contributed by atoms with van der Waals surface area (Å²) in [6.07, 6.45) is 2.89. The maximum Gasteiger partial charge on any atom is 0.281 e. The molecule has 0 bridgehead atoms. The molecule has 1 N–H and O–H groups in total. The Morgan fingerprint density at radius 2 is 2.00 bits per heavy atom. The van der Waals surface area contributed by atoms with Crippen molar-refractivity contribution in [1.82, 2.24) is 9.78 Å². The molecule has 0 spiro atoms. The molecule has 2 amide bonds. The van der Waals surface area contributed by atoms with Gasteiger partial charge in [0.05, 0.1) is 17.0 Å². The molecule has 0 unspecified atom stereocenters. The van der Waals surface area contributed by atoms with E-state index >= 15 is 0 Å². The summed E-state index contributed by atoms with van der Waals surface area (Å²) in [6.45, 7) is 11.5. The Bertz CT molecular complexity index is 819. The monoisotopic (exact) mass is 341 g/mol. The summed E-state index contributed by atoms with van der Waals surface area (Å²) < 4.78 is 1.44. The number of rotatable bonds is 2. The van der Waals surface area contributed by atoms with E-state index in [1.165, 1.54) is 4.68 Å². The van der Waals surface area contributed by atoms with Gasteiger partial charge in [0.1, 0.15) is 5.82 Å². The zero-order valence-electron chi connectivity index (χ0n) is 15.1. The summed E-state index contributed by atoms with van der Waals surface area (Å²) in [7, 11) is 0. The van der Waals surface area contributed by atoms with Crippen LogP contribution in [0.15, 0.2) is 28.2 Å². The van der Waals surface area contributed by atoms with E-state index in [1.807, 2.05) is 26.8 Å². The van der Waals surface area contributed by atoms with Gasteiger partial charge in [0.15, 0.2) is 0 Å². The smallest absolute Gasteiger partial charge is 0.281 e. The number of aromatic nitrogens is 2. The van der Waals surface area contributed by atoms with Crippen LogP contribution in [0.3, 0.4) is 0 Å². The SMILES string of the molecule is C=C1C(=O)N=C(n2nc(C(C)(C)C)cc2NC(=O)C2CCC2)N=C1C. The molecule has 0 aromatic carbocycles. The van der Waals surface area contributed by atoms with Crippen molar-refractivity contribution in [3.8, 4) is 0 Å². The van der Waals surface area contributed by atoms with Crippen molar-refractivity contribution in [3.63, 3.8) is 0 Å². The van der Waals surface area contributed by atoms with E-state index in [0.29, 0.717) is 11.5 Å². The molecule has 1 aromatic heterocycles. The topological polar surface area (TPSA) is 88.7 Å². The van der Waals surface area contributed by atoms with Gasteiger partial charge in [-0.3, -0.25) is 9.59 Å². The molecule has 1 aromatic rings. The van der Waals surface area contributed by atoms with E-state index in [4.69, 9.17) is 0 Å². The highest BCUT2D eigenvalue weighted by Crippen LogP contribution is 2.29. The molecule has 1 saturated carbocycles. The maximum absolute atomic E-state index is 12.4.